The van der Waals surface area contributed by atoms with Crippen LogP contribution in [0, 0.1) is 5.92 Å². The molecular formula is C15H24N2O2. The average molecular weight is 264 g/mol. The number of hydrogen-bond donors (Lipinski definition) is 1. The van der Waals surface area contributed by atoms with E-state index in [1.54, 1.807) is 0 Å². The van der Waals surface area contributed by atoms with E-state index in [1.807, 2.05) is 0 Å². The van der Waals surface area contributed by atoms with Crippen molar-refractivity contribution in [1.82, 2.24) is 10.2 Å². The lowest BCUT2D eigenvalue weighted by Gasteiger charge is -2.38. The Morgan fingerprint density at radius 1 is 1.11 bits per heavy atom. The predicted octanol–water partition coefficient (Wildman–Crippen LogP) is 1.30. The molecule has 2 saturated carbocycles. The summed E-state index contributed by atoms with van der Waals surface area (Å²) in [6.45, 7) is 1.79. The Morgan fingerprint density at radius 2 is 1.95 bits per heavy atom. The Morgan fingerprint density at radius 3 is 2.68 bits per heavy atom. The number of likely N-dealkylation sites (tertiary alicyclic amines) is 1. The predicted molar refractivity (Wildman–Crippen MR) is 71.8 cm³/mol. The maximum absolute atomic E-state index is 12.7. The minimum atomic E-state index is 0.0849. The van der Waals surface area contributed by atoms with Crippen LogP contribution < -0.4 is 5.32 Å². The quantitative estimate of drug-likeness (QED) is 0.832. The summed E-state index contributed by atoms with van der Waals surface area (Å²) >= 11 is 0. The number of hydrogen-bond acceptors (Lipinski definition) is 3. The summed E-state index contributed by atoms with van der Waals surface area (Å²) in [7, 11) is 0. The van der Waals surface area contributed by atoms with Crippen LogP contribution in [0.5, 0.6) is 0 Å². The Labute approximate surface area is 114 Å². The van der Waals surface area contributed by atoms with Crippen LogP contribution in [0.1, 0.15) is 44.9 Å². The van der Waals surface area contributed by atoms with Crippen LogP contribution in [0.3, 0.4) is 0 Å². The second-order valence-corrected chi connectivity index (χ2v) is 6.70. The summed E-state index contributed by atoms with van der Waals surface area (Å²) in [5.74, 6) is 1.08. The summed E-state index contributed by atoms with van der Waals surface area (Å²) < 4.78 is 5.91. The highest BCUT2D eigenvalue weighted by atomic mass is 16.5. The number of ether oxygens (including phenoxy) is 1. The fourth-order valence-electron chi connectivity index (χ4n) is 3.73. The van der Waals surface area contributed by atoms with Crippen molar-refractivity contribution in [2.75, 3.05) is 13.2 Å². The van der Waals surface area contributed by atoms with Crippen LogP contribution in [0.15, 0.2) is 0 Å². The van der Waals surface area contributed by atoms with Gasteiger partial charge in [-0.25, -0.2) is 0 Å². The maximum atomic E-state index is 12.7. The summed E-state index contributed by atoms with van der Waals surface area (Å²) in [4.78, 5) is 14.8. The molecular weight excluding hydrogens is 240 g/mol. The van der Waals surface area contributed by atoms with Gasteiger partial charge in [-0.3, -0.25) is 4.79 Å². The van der Waals surface area contributed by atoms with Crippen molar-refractivity contribution in [2.24, 2.45) is 5.92 Å². The molecule has 4 rings (SSSR count). The lowest BCUT2D eigenvalue weighted by atomic mass is 9.98. The van der Waals surface area contributed by atoms with Crippen molar-refractivity contribution in [3.63, 3.8) is 0 Å². The molecule has 19 heavy (non-hydrogen) atoms. The normalized spacial score (nSPS) is 39.9. The van der Waals surface area contributed by atoms with Crippen molar-refractivity contribution in [3.8, 4) is 0 Å². The molecule has 3 atom stereocenters. The maximum Gasteiger partial charge on any atom is 0.240 e. The molecule has 4 fully saturated rings. The summed E-state index contributed by atoms with van der Waals surface area (Å²) in [5.41, 5.74) is 0. The molecule has 2 aliphatic carbocycles. The third-order valence-electron chi connectivity index (χ3n) is 5.08. The molecule has 0 aromatic heterocycles. The largest absolute Gasteiger partial charge is 0.376 e. The molecule has 2 saturated heterocycles. The molecule has 0 aromatic carbocycles. The van der Waals surface area contributed by atoms with Crippen molar-refractivity contribution >= 4 is 5.91 Å². The zero-order valence-corrected chi connectivity index (χ0v) is 11.5. The zero-order valence-electron chi connectivity index (χ0n) is 11.5. The molecule has 0 spiro atoms. The van der Waals surface area contributed by atoms with Gasteiger partial charge in [-0.15, -0.1) is 0 Å². The van der Waals surface area contributed by atoms with Gasteiger partial charge in [0.25, 0.3) is 0 Å². The molecule has 2 heterocycles. The number of amides is 1. The van der Waals surface area contributed by atoms with Gasteiger partial charge in [-0.05, 0) is 50.9 Å². The topological polar surface area (TPSA) is 41.6 Å². The number of rotatable bonds is 4. The monoisotopic (exact) mass is 264 g/mol. The third kappa shape index (κ3) is 2.40. The van der Waals surface area contributed by atoms with Gasteiger partial charge in [0.2, 0.25) is 5.91 Å². The Kier molecular flexibility index (Phi) is 3.03. The van der Waals surface area contributed by atoms with Gasteiger partial charge < -0.3 is 15.0 Å². The SMILES string of the molecule is O=C1C(NC2CC2)CCCN1C1CCOC1C1CC1. The van der Waals surface area contributed by atoms with Crippen LogP contribution >= 0.6 is 0 Å². The van der Waals surface area contributed by atoms with Crippen LogP contribution in [-0.2, 0) is 9.53 Å². The summed E-state index contributed by atoms with van der Waals surface area (Å²) in [6.07, 6.45) is 8.64. The smallest absolute Gasteiger partial charge is 0.240 e. The van der Waals surface area contributed by atoms with Crippen molar-refractivity contribution in [2.45, 2.75) is 69.2 Å². The highest BCUT2D eigenvalue weighted by Crippen LogP contribution is 2.41. The Bertz CT molecular complexity index is 365. The van der Waals surface area contributed by atoms with Crippen molar-refractivity contribution in [1.29, 1.82) is 0 Å². The molecule has 3 unspecified atom stereocenters. The van der Waals surface area contributed by atoms with E-state index in [1.165, 1.54) is 25.7 Å². The Hall–Kier alpha value is -0.610. The molecule has 4 heteroatoms. The van der Waals surface area contributed by atoms with Gasteiger partial charge in [0.05, 0.1) is 18.2 Å². The molecule has 1 N–H and O–H groups in total. The van der Waals surface area contributed by atoms with E-state index in [0.29, 0.717) is 24.1 Å². The number of carbonyl (C=O) groups excluding carboxylic acids is 1. The van der Waals surface area contributed by atoms with Crippen LogP contribution in [0.4, 0.5) is 0 Å². The van der Waals surface area contributed by atoms with Crippen molar-refractivity contribution in [3.05, 3.63) is 0 Å². The molecule has 4 aliphatic rings. The number of nitrogens with zero attached hydrogens (tertiary/aromatic N) is 1. The minimum Gasteiger partial charge on any atom is -0.376 e. The molecule has 0 aromatic rings. The zero-order chi connectivity index (χ0) is 12.8. The second kappa shape index (κ2) is 4.74. The van der Waals surface area contributed by atoms with E-state index in [2.05, 4.69) is 10.2 Å². The van der Waals surface area contributed by atoms with Crippen LogP contribution in [0.2, 0.25) is 0 Å². The standard InChI is InChI=1S/C15H24N2O2/c18-15-12(16-11-5-6-11)2-1-8-17(15)13-7-9-19-14(13)10-3-4-10/h10-14,16H,1-9H2. The number of carbonyl (C=O) groups is 1. The molecule has 0 bridgehead atoms. The van der Waals surface area contributed by atoms with E-state index >= 15 is 0 Å². The number of nitrogens with one attached hydrogen (secondary N) is 1. The second-order valence-electron chi connectivity index (χ2n) is 6.70. The first-order valence-electron chi connectivity index (χ1n) is 8.01. The first-order valence-corrected chi connectivity index (χ1v) is 8.01. The third-order valence-corrected chi connectivity index (χ3v) is 5.08. The van der Waals surface area contributed by atoms with Crippen LogP contribution in [-0.4, -0.2) is 48.2 Å². The van der Waals surface area contributed by atoms with Gasteiger partial charge in [0, 0.05) is 19.2 Å². The highest BCUT2D eigenvalue weighted by molar-refractivity contribution is 5.83. The molecule has 4 nitrogen and oxygen atoms in total. The van der Waals surface area contributed by atoms with Crippen LogP contribution in [0.25, 0.3) is 0 Å². The summed E-state index contributed by atoms with van der Waals surface area (Å²) in [6, 6.07) is 1.07. The molecule has 2 aliphatic heterocycles. The fourth-order valence-corrected chi connectivity index (χ4v) is 3.73. The fraction of sp³-hybridized carbons (Fsp3) is 0.933. The lowest BCUT2D eigenvalue weighted by molar-refractivity contribution is -0.140. The molecule has 0 radical (unpaired) electrons. The van der Waals surface area contributed by atoms with Gasteiger partial charge in [0.1, 0.15) is 0 Å². The first-order chi connectivity index (χ1) is 9.33. The minimum absolute atomic E-state index is 0.0849. The van der Waals surface area contributed by atoms with Gasteiger partial charge in [-0.1, -0.05) is 0 Å². The molecule has 1 amide bonds. The van der Waals surface area contributed by atoms with E-state index < -0.39 is 0 Å². The van der Waals surface area contributed by atoms with Crippen molar-refractivity contribution < 1.29 is 9.53 Å². The lowest BCUT2D eigenvalue weighted by Crippen LogP contribution is -2.56. The van der Waals surface area contributed by atoms with Gasteiger partial charge >= 0.3 is 0 Å². The molecule has 106 valence electrons. The Balaban J connectivity index is 1.44. The van der Waals surface area contributed by atoms with E-state index in [4.69, 9.17) is 4.74 Å². The first kappa shape index (κ1) is 12.2. The number of piperidine rings is 1. The summed E-state index contributed by atoms with van der Waals surface area (Å²) in [5, 5.41) is 3.52. The van der Waals surface area contributed by atoms with E-state index in [-0.39, 0.29) is 6.04 Å². The van der Waals surface area contributed by atoms with Gasteiger partial charge in [-0.2, -0.15) is 0 Å². The van der Waals surface area contributed by atoms with E-state index in [9.17, 15) is 4.79 Å². The van der Waals surface area contributed by atoms with Gasteiger partial charge in [0.15, 0.2) is 0 Å². The highest BCUT2D eigenvalue weighted by Gasteiger charge is 2.46. The average Bonchev–Trinajstić information content (AvgIpc) is 3.33. The van der Waals surface area contributed by atoms with E-state index in [0.717, 1.165) is 38.3 Å².